The van der Waals surface area contributed by atoms with Crippen LogP contribution in [0.15, 0.2) is 52.3 Å². The molecule has 0 aliphatic rings. The van der Waals surface area contributed by atoms with Gasteiger partial charge < -0.3 is 4.90 Å². The van der Waals surface area contributed by atoms with E-state index in [2.05, 4.69) is 55.8 Å². The summed E-state index contributed by atoms with van der Waals surface area (Å²) in [6.07, 6.45) is 4.98. The van der Waals surface area contributed by atoms with Crippen molar-refractivity contribution in [1.82, 2.24) is 9.97 Å². The van der Waals surface area contributed by atoms with Crippen molar-refractivity contribution in [3.05, 3.63) is 53.6 Å². The van der Waals surface area contributed by atoms with Crippen molar-refractivity contribution >= 4 is 27.8 Å². The zero-order valence-electron chi connectivity index (χ0n) is 14.8. The summed E-state index contributed by atoms with van der Waals surface area (Å²) in [5.41, 5.74) is 3.01. The van der Waals surface area contributed by atoms with Gasteiger partial charge in [0, 0.05) is 24.2 Å². The van der Waals surface area contributed by atoms with E-state index in [-0.39, 0.29) is 0 Å². The maximum Gasteiger partial charge on any atom is 0.255 e. The summed E-state index contributed by atoms with van der Waals surface area (Å²) >= 11 is 1.50. The molecular weight excluding hydrogens is 332 g/mol. The molecule has 6 nitrogen and oxygen atoms in total. The highest BCUT2D eigenvalue weighted by Crippen LogP contribution is 2.24. The second kappa shape index (κ2) is 8.02. The van der Waals surface area contributed by atoms with Crippen molar-refractivity contribution in [2.45, 2.75) is 20.3 Å². The quantitative estimate of drug-likeness (QED) is 0.512. The number of nitrogens with one attached hydrogen (secondary N) is 1. The van der Waals surface area contributed by atoms with Crippen molar-refractivity contribution in [2.75, 3.05) is 18.0 Å². The molecule has 0 amide bonds. The number of aromatic nitrogens is 3. The maximum atomic E-state index is 4.29. The molecule has 0 bridgehead atoms. The zero-order valence-corrected chi connectivity index (χ0v) is 15.6. The predicted molar refractivity (Wildman–Crippen MR) is 101 cm³/mol. The van der Waals surface area contributed by atoms with E-state index >= 15 is 0 Å². The maximum absolute atomic E-state index is 4.29. The molecule has 0 saturated heterocycles. The molecule has 2 heterocycles. The average Bonchev–Trinajstić information content (AvgIpc) is 3.23. The van der Waals surface area contributed by atoms with Gasteiger partial charge in [-0.15, -0.1) is 21.6 Å². The smallest absolute Gasteiger partial charge is 0.255 e. The van der Waals surface area contributed by atoms with Crippen LogP contribution < -0.4 is 9.47 Å². The summed E-state index contributed by atoms with van der Waals surface area (Å²) in [5.74, 6) is 1.22. The summed E-state index contributed by atoms with van der Waals surface area (Å²) < 4.78 is 2.12. The van der Waals surface area contributed by atoms with Gasteiger partial charge in [-0.25, -0.2) is 14.5 Å². The van der Waals surface area contributed by atoms with E-state index in [1.165, 1.54) is 22.8 Å². The second-order valence-corrected chi connectivity index (χ2v) is 6.67. The van der Waals surface area contributed by atoms with Crippen molar-refractivity contribution in [3.63, 3.8) is 0 Å². The van der Waals surface area contributed by atoms with E-state index in [4.69, 9.17) is 0 Å². The van der Waals surface area contributed by atoms with Gasteiger partial charge in [-0.3, -0.25) is 0 Å². The summed E-state index contributed by atoms with van der Waals surface area (Å²) in [7, 11) is 2.06. The molecule has 3 aromatic rings. The molecular formula is C18H23N6S+. The molecule has 0 atom stereocenters. The van der Waals surface area contributed by atoms with Gasteiger partial charge in [0.15, 0.2) is 0 Å². The Morgan fingerprint density at radius 2 is 2.04 bits per heavy atom. The van der Waals surface area contributed by atoms with Crippen LogP contribution in [0.2, 0.25) is 0 Å². The van der Waals surface area contributed by atoms with Crippen molar-refractivity contribution < 1.29 is 4.57 Å². The third-order valence-electron chi connectivity index (χ3n) is 4.05. The molecule has 0 saturated carbocycles. The van der Waals surface area contributed by atoms with Gasteiger partial charge in [0.25, 0.3) is 5.82 Å². The van der Waals surface area contributed by atoms with Gasteiger partial charge in [0.1, 0.15) is 12.4 Å². The van der Waals surface area contributed by atoms with Gasteiger partial charge in [0.05, 0.1) is 24.8 Å². The lowest BCUT2D eigenvalue weighted by atomic mass is 10.2. The Kier molecular flexibility index (Phi) is 5.55. The Morgan fingerprint density at radius 1 is 1.24 bits per heavy atom. The summed E-state index contributed by atoms with van der Waals surface area (Å²) in [6.45, 7) is 6.05. The first-order chi connectivity index (χ1) is 12.2. The number of anilines is 1. The molecule has 25 heavy (non-hydrogen) atoms. The van der Waals surface area contributed by atoms with Crippen LogP contribution >= 0.6 is 11.3 Å². The van der Waals surface area contributed by atoms with Gasteiger partial charge in [-0.05, 0) is 38.1 Å². The van der Waals surface area contributed by atoms with E-state index in [1.54, 1.807) is 0 Å². The van der Waals surface area contributed by atoms with E-state index in [0.29, 0.717) is 5.13 Å². The number of azo groups is 1. The number of aryl methyl sites for hydroxylation is 2. The number of hydrogen-bond donors (Lipinski definition) is 1. The van der Waals surface area contributed by atoms with Crippen LogP contribution in [0.25, 0.3) is 0 Å². The standard InChI is InChI=1S/C18H22N6S/c1-4-24(11-9-17-19-10-12-23(17)3)16-7-5-15(6-8-16)21-22-18-20-14(2)13-25-18/h5-8,10,12-13H,4,9,11H2,1-3H3/p+1. The minimum Gasteiger partial charge on any atom is -0.371 e. The number of nitrogens with zero attached hydrogens (tertiary/aromatic N) is 5. The Morgan fingerprint density at radius 3 is 2.64 bits per heavy atom. The fourth-order valence-corrected chi connectivity index (χ4v) is 3.23. The Hall–Kier alpha value is -2.54. The first kappa shape index (κ1) is 17.3. The molecule has 7 heteroatoms. The zero-order chi connectivity index (χ0) is 17.6. The Balaban J connectivity index is 1.63. The van der Waals surface area contributed by atoms with E-state index in [0.717, 1.165) is 30.9 Å². The third-order valence-corrected chi connectivity index (χ3v) is 4.89. The fraction of sp³-hybridized carbons (Fsp3) is 0.333. The van der Waals surface area contributed by atoms with Gasteiger partial charge in [-0.2, -0.15) is 0 Å². The number of hydrogen-bond acceptors (Lipinski definition) is 5. The van der Waals surface area contributed by atoms with E-state index in [9.17, 15) is 0 Å². The number of thiazole rings is 1. The van der Waals surface area contributed by atoms with Crippen LogP contribution in [0, 0.1) is 6.92 Å². The topological polar surface area (TPSA) is 60.5 Å². The van der Waals surface area contributed by atoms with E-state index in [1.807, 2.05) is 36.8 Å². The highest BCUT2D eigenvalue weighted by atomic mass is 32.1. The molecule has 0 aliphatic carbocycles. The first-order valence-electron chi connectivity index (χ1n) is 8.36. The molecule has 0 fully saturated rings. The number of benzene rings is 1. The molecule has 0 aliphatic heterocycles. The number of likely N-dealkylation sites (N-methyl/N-ethyl adjacent to an activating group) is 1. The number of imidazole rings is 1. The third kappa shape index (κ3) is 4.51. The SMILES string of the molecule is CCN(CCc1[nH]cc[n+]1C)c1ccc(N=Nc2nc(C)cs2)cc1. The van der Waals surface area contributed by atoms with Crippen molar-refractivity contribution in [1.29, 1.82) is 0 Å². The summed E-state index contributed by atoms with van der Waals surface area (Å²) in [6, 6.07) is 8.19. The van der Waals surface area contributed by atoms with Gasteiger partial charge in [-0.1, -0.05) is 0 Å². The minimum absolute atomic E-state index is 0.690. The van der Waals surface area contributed by atoms with Crippen LogP contribution in [0.1, 0.15) is 18.4 Å². The highest BCUT2D eigenvalue weighted by molar-refractivity contribution is 7.13. The lowest BCUT2D eigenvalue weighted by Gasteiger charge is -2.22. The number of aromatic amines is 1. The molecule has 3 rings (SSSR count). The number of H-pyrrole nitrogens is 1. The minimum atomic E-state index is 0.690. The van der Waals surface area contributed by atoms with E-state index < -0.39 is 0 Å². The lowest BCUT2D eigenvalue weighted by molar-refractivity contribution is -0.677. The largest absolute Gasteiger partial charge is 0.371 e. The molecule has 0 spiro atoms. The van der Waals surface area contributed by atoms with Crippen LogP contribution in [-0.2, 0) is 13.5 Å². The van der Waals surface area contributed by atoms with Crippen molar-refractivity contribution in [2.24, 2.45) is 17.3 Å². The molecule has 0 unspecified atom stereocenters. The molecule has 1 N–H and O–H groups in total. The lowest BCUT2D eigenvalue weighted by Crippen LogP contribution is -2.34. The molecule has 1 aromatic carbocycles. The molecule has 130 valence electrons. The highest BCUT2D eigenvalue weighted by Gasteiger charge is 2.10. The molecule has 0 radical (unpaired) electrons. The predicted octanol–water partition coefficient (Wildman–Crippen LogP) is 4.09. The first-order valence-corrected chi connectivity index (χ1v) is 9.24. The normalized spacial score (nSPS) is 11.3. The van der Waals surface area contributed by atoms with Crippen LogP contribution in [0.3, 0.4) is 0 Å². The Bertz CT molecular complexity index is 833. The van der Waals surface area contributed by atoms with Gasteiger partial charge in [0.2, 0.25) is 5.13 Å². The Labute approximate surface area is 151 Å². The van der Waals surface area contributed by atoms with Crippen LogP contribution in [0.4, 0.5) is 16.5 Å². The monoisotopic (exact) mass is 355 g/mol. The van der Waals surface area contributed by atoms with Gasteiger partial charge >= 0.3 is 0 Å². The molecule has 2 aromatic heterocycles. The summed E-state index contributed by atoms with van der Waals surface area (Å²) in [4.78, 5) is 9.92. The number of rotatable bonds is 7. The fourth-order valence-electron chi connectivity index (χ4n) is 2.61. The van der Waals surface area contributed by atoms with Crippen molar-refractivity contribution in [3.8, 4) is 0 Å². The summed E-state index contributed by atoms with van der Waals surface area (Å²) in [5, 5.41) is 11.1. The second-order valence-electron chi connectivity index (χ2n) is 5.84. The van der Waals surface area contributed by atoms with Crippen LogP contribution in [0.5, 0.6) is 0 Å². The average molecular weight is 355 g/mol. The van der Waals surface area contributed by atoms with Crippen LogP contribution in [-0.4, -0.2) is 23.1 Å².